The third kappa shape index (κ3) is 4.17. The third-order valence-corrected chi connectivity index (χ3v) is 3.55. The van der Waals surface area contributed by atoms with Crippen LogP contribution in [0.2, 0.25) is 10.0 Å². The van der Waals surface area contributed by atoms with Gasteiger partial charge in [0.1, 0.15) is 0 Å². The van der Waals surface area contributed by atoms with Crippen LogP contribution in [-0.4, -0.2) is 15.0 Å². The molecule has 0 unspecified atom stereocenters. The van der Waals surface area contributed by atoms with Crippen molar-refractivity contribution in [3.8, 4) is 5.75 Å². The fourth-order valence-corrected chi connectivity index (χ4v) is 2.53. The quantitative estimate of drug-likeness (QED) is 0.648. The Kier molecular flexibility index (Phi) is 5.47. The summed E-state index contributed by atoms with van der Waals surface area (Å²) in [6, 6.07) is 2.43. The molecule has 4 nitrogen and oxygen atoms in total. The van der Waals surface area contributed by atoms with Crippen LogP contribution in [0.1, 0.15) is 12.8 Å². The first kappa shape index (κ1) is 15.3. The van der Waals surface area contributed by atoms with E-state index < -0.39 is 10.0 Å². The van der Waals surface area contributed by atoms with Crippen molar-refractivity contribution in [3.05, 3.63) is 34.8 Å². The molecule has 0 radical (unpaired) electrons. The van der Waals surface area contributed by atoms with Crippen molar-refractivity contribution in [3.63, 3.8) is 0 Å². The Morgan fingerprint density at radius 2 is 1.89 bits per heavy atom. The molecule has 0 aromatic heterocycles. The minimum atomic E-state index is -3.83. The number of benzene rings is 1. The minimum Gasteiger partial charge on any atom is -0.490 e. The normalized spacial score (nSPS) is 11.3. The van der Waals surface area contributed by atoms with E-state index >= 15 is 0 Å². The Morgan fingerprint density at radius 3 is 2.33 bits per heavy atom. The topological polar surface area (TPSA) is 69.4 Å². The smallest absolute Gasteiger partial charge is 0.238 e. The molecule has 0 aliphatic heterocycles. The number of primary sulfonamides is 1. The first-order valence-electron chi connectivity index (χ1n) is 5.12. The second kappa shape index (κ2) is 6.43. The molecule has 0 heterocycles. The molecule has 0 aliphatic rings. The van der Waals surface area contributed by atoms with Crippen LogP contribution >= 0.6 is 23.2 Å². The minimum absolute atomic E-state index is 0.116. The van der Waals surface area contributed by atoms with Gasteiger partial charge in [-0.15, -0.1) is 6.58 Å². The molecule has 2 N–H and O–H groups in total. The van der Waals surface area contributed by atoms with Crippen LogP contribution in [0.5, 0.6) is 5.75 Å². The van der Waals surface area contributed by atoms with Crippen LogP contribution in [0.4, 0.5) is 0 Å². The van der Waals surface area contributed by atoms with E-state index in [2.05, 4.69) is 6.58 Å². The number of sulfonamides is 1. The number of unbranched alkanes of at least 4 members (excludes halogenated alkanes) is 1. The molecule has 1 rings (SSSR count). The molecule has 18 heavy (non-hydrogen) atoms. The van der Waals surface area contributed by atoms with Crippen LogP contribution in [-0.2, 0) is 10.0 Å². The van der Waals surface area contributed by atoms with Crippen LogP contribution in [0.15, 0.2) is 29.7 Å². The van der Waals surface area contributed by atoms with E-state index in [1.54, 1.807) is 6.08 Å². The van der Waals surface area contributed by atoms with E-state index in [9.17, 15) is 8.42 Å². The summed E-state index contributed by atoms with van der Waals surface area (Å²) in [7, 11) is -3.83. The molecule has 1 aromatic carbocycles. The molecule has 0 spiro atoms. The van der Waals surface area contributed by atoms with Crippen molar-refractivity contribution < 1.29 is 13.2 Å². The van der Waals surface area contributed by atoms with Gasteiger partial charge in [0.15, 0.2) is 5.75 Å². The average molecular weight is 310 g/mol. The fourth-order valence-electron chi connectivity index (χ4n) is 1.24. The summed E-state index contributed by atoms with van der Waals surface area (Å²) in [4.78, 5) is -0.143. The number of allylic oxidation sites excluding steroid dienone is 1. The van der Waals surface area contributed by atoms with Crippen LogP contribution in [0.25, 0.3) is 0 Å². The van der Waals surface area contributed by atoms with Gasteiger partial charge in [0.05, 0.1) is 21.5 Å². The summed E-state index contributed by atoms with van der Waals surface area (Å²) in [6.45, 7) is 4.01. The summed E-state index contributed by atoms with van der Waals surface area (Å²) in [5, 5.41) is 5.22. The van der Waals surface area contributed by atoms with Gasteiger partial charge in [-0.25, -0.2) is 13.6 Å². The molecule has 0 amide bonds. The van der Waals surface area contributed by atoms with E-state index in [0.29, 0.717) is 6.61 Å². The van der Waals surface area contributed by atoms with Gasteiger partial charge in [-0.3, -0.25) is 0 Å². The first-order chi connectivity index (χ1) is 8.36. The molecule has 0 bridgehead atoms. The Labute approximate surface area is 116 Å². The van der Waals surface area contributed by atoms with Gasteiger partial charge < -0.3 is 4.74 Å². The standard InChI is InChI=1S/C11H13Cl2NO3S/c1-2-3-4-5-17-11-9(12)6-8(7-10(11)13)18(14,15)16/h2,6-7H,1,3-5H2,(H2,14,15,16). The Bertz CT molecular complexity index is 520. The SMILES string of the molecule is C=CCCCOc1c(Cl)cc(S(N)(=O)=O)cc1Cl. The highest BCUT2D eigenvalue weighted by molar-refractivity contribution is 7.89. The summed E-state index contributed by atoms with van der Waals surface area (Å²) < 4.78 is 27.7. The van der Waals surface area contributed by atoms with Crippen molar-refractivity contribution in [2.24, 2.45) is 5.14 Å². The largest absolute Gasteiger partial charge is 0.490 e. The van der Waals surface area contributed by atoms with Gasteiger partial charge >= 0.3 is 0 Å². The van der Waals surface area contributed by atoms with Gasteiger partial charge in [-0.05, 0) is 25.0 Å². The van der Waals surface area contributed by atoms with E-state index in [4.69, 9.17) is 33.1 Å². The average Bonchev–Trinajstić information content (AvgIpc) is 2.25. The van der Waals surface area contributed by atoms with Gasteiger partial charge in [-0.2, -0.15) is 0 Å². The maximum atomic E-state index is 11.2. The highest BCUT2D eigenvalue weighted by Gasteiger charge is 2.15. The maximum absolute atomic E-state index is 11.2. The molecular formula is C11H13Cl2NO3S. The molecule has 0 saturated carbocycles. The van der Waals surface area contributed by atoms with Gasteiger partial charge in [-0.1, -0.05) is 29.3 Å². The number of nitrogens with two attached hydrogens (primary N) is 1. The lowest BCUT2D eigenvalue weighted by molar-refractivity contribution is 0.312. The summed E-state index contributed by atoms with van der Waals surface area (Å²) in [5.41, 5.74) is 0. The lowest BCUT2D eigenvalue weighted by atomic mass is 10.3. The number of hydrogen-bond acceptors (Lipinski definition) is 3. The lowest BCUT2D eigenvalue weighted by Crippen LogP contribution is -2.12. The van der Waals surface area contributed by atoms with E-state index in [1.807, 2.05) is 0 Å². The highest BCUT2D eigenvalue weighted by Crippen LogP contribution is 2.35. The molecule has 0 fully saturated rings. The van der Waals surface area contributed by atoms with Gasteiger partial charge in [0.25, 0.3) is 0 Å². The predicted molar refractivity (Wildman–Crippen MR) is 72.8 cm³/mol. The lowest BCUT2D eigenvalue weighted by Gasteiger charge is -2.10. The predicted octanol–water partition coefficient (Wildman–Crippen LogP) is 2.99. The summed E-state index contributed by atoms with van der Waals surface area (Å²) in [5.74, 6) is 0.259. The highest BCUT2D eigenvalue weighted by atomic mass is 35.5. The summed E-state index contributed by atoms with van der Waals surface area (Å²) >= 11 is 11.8. The van der Waals surface area contributed by atoms with E-state index in [-0.39, 0.29) is 20.7 Å². The Morgan fingerprint density at radius 1 is 1.33 bits per heavy atom. The number of ether oxygens (including phenoxy) is 1. The molecular weight excluding hydrogens is 297 g/mol. The fraction of sp³-hybridized carbons (Fsp3) is 0.273. The third-order valence-electron chi connectivity index (χ3n) is 2.10. The molecule has 0 atom stereocenters. The molecule has 100 valence electrons. The second-order valence-corrected chi connectivity index (χ2v) is 5.92. The van der Waals surface area contributed by atoms with Crippen molar-refractivity contribution in [1.82, 2.24) is 0 Å². The zero-order chi connectivity index (χ0) is 13.8. The summed E-state index contributed by atoms with van der Waals surface area (Å²) in [6.07, 6.45) is 3.36. The maximum Gasteiger partial charge on any atom is 0.238 e. The van der Waals surface area contributed by atoms with Crippen molar-refractivity contribution in [2.75, 3.05) is 6.61 Å². The van der Waals surface area contributed by atoms with Crippen molar-refractivity contribution >= 4 is 33.2 Å². The molecule has 7 heteroatoms. The zero-order valence-electron chi connectivity index (χ0n) is 9.53. The van der Waals surface area contributed by atoms with Crippen molar-refractivity contribution in [1.29, 1.82) is 0 Å². The van der Waals surface area contributed by atoms with Crippen molar-refractivity contribution in [2.45, 2.75) is 17.7 Å². The van der Waals surface area contributed by atoms with Gasteiger partial charge in [0.2, 0.25) is 10.0 Å². The van der Waals surface area contributed by atoms with Crippen LogP contribution < -0.4 is 9.88 Å². The zero-order valence-corrected chi connectivity index (χ0v) is 11.9. The Hall–Kier alpha value is -0.750. The van der Waals surface area contributed by atoms with E-state index in [1.165, 1.54) is 12.1 Å². The van der Waals surface area contributed by atoms with Crippen LogP contribution in [0, 0.1) is 0 Å². The molecule has 0 saturated heterocycles. The Balaban J connectivity index is 2.92. The molecule has 0 aliphatic carbocycles. The first-order valence-corrected chi connectivity index (χ1v) is 7.42. The second-order valence-electron chi connectivity index (χ2n) is 3.54. The number of hydrogen-bond donors (Lipinski definition) is 1. The number of rotatable bonds is 6. The number of halogens is 2. The molecule has 1 aromatic rings. The monoisotopic (exact) mass is 309 g/mol. The van der Waals surface area contributed by atoms with Gasteiger partial charge in [0, 0.05) is 0 Å². The van der Waals surface area contributed by atoms with Crippen LogP contribution in [0.3, 0.4) is 0 Å². The van der Waals surface area contributed by atoms with E-state index in [0.717, 1.165) is 12.8 Å².